The highest BCUT2D eigenvalue weighted by Crippen LogP contribution is 2.19. The third-order valence-corrected chi connectivity index (χ3v) is 5.32. The van der Waals surface area contributed by atoms with E-state index in [1.165, 1.54) is 29.5 Å². The monoisotopic (exact) mass is 364 g/mol. The number of nitrogens with two attached hydrogens (primary N) is 1. The van der Waals surface area contributed by atoms with E-state index in [1.807, 2.05) is 6.07 Å². The summed E-state index contributed by atoms with van der Waals surface area (Å²) in [6, 6.07) is 19.3. The zero-order valence-electron chi connectivity index (χ0n) is 16.4. The number of aryl methyl sites for hydroxylation is 1. The fraction of sp³-hybridized carbons (Fsp3) is 0.435. The van der Waals surface area contributed by atoms with Crippen molar-refractivity contribution in [3.63, 3.8) is 0 Å². The molecule has 1 aliphatic rings. The highest BCUT2D eigenvalue weighted by Gasteiger charge is 2.19. The Kier molecular flexibility index (Phi) is 7.28. The van der Waals surface area contributed by atoms with E-state index in [9.17, 15) is 0 Å². The molecule has 0 bridgehead atoms. The number of benzene rings is 2. The van der Waals surface area contributed by atoms with Gasteiger partial charge in [0.1, 0.15) is 0 Å². The zero-order valence-corrected chi connectivity index (χ0v) is 16.4. The number of nitrogens with one attached hydrogen (secondary N) is 1. The number of nitrogens with zero attached hydrogens (tertiary/aromatic N) is 2. The van der Waals surface area contributed by atoms with Gasteiger partial charge in [0.15, 0.2) is 5.96 Å². The second-order valence-electron chi connectivity index (χ2n) is 7.59. The SMILES string of the molecule is Cc1ccc(CN2CCC(CN=C(N)NCCc3ccccc3)CC2)cc1. The minimum atomic E-state index is 0.577. The van der Waals surface area contributed by atoms with E-state index >= 15 is 0 Å². The molecule has 0 amide bonds. The van der Waals surface area contributed by atoms with Gasteiger partial charge in [0.25, 0.3) is 0 Å². The number of likely N-dealkylation sites (tertiary alicyclic amines) is 1. The smallest absolute Gasteiger partial charge is 0.188 e. The number of rotatable bonds is 7. The largest absolute Gasteiger partial charge is 0.370 e. The van der Waals surface area contributed by atoms with Crippen molar-refractivity contribution in [2.75, 3.05) is 26.2 Å². The van der Waals surface area contributed by atoms with Crippen LogP contribution in [0.3, 0.4) is 0 Å². The molecule has 3 rings (SSSR count). The Balaban J connectivity index is 1.33. The number of hydrogen-bond donors (Lipinski definition) is 2. The van der Waals surface area contributed by atoms with Gasteiger partial charge >= 0.3 is 0 Å². The predicted molar refractivity (Wildman–Crippen MR) is 114 cm³/mol. The summed E-state index contributed by atoms with van der Waals surface area (Å²) in [5, 5.41) is 3.23. The first kappa shape index (κ1) is 19.4. The molecule has 1 fully saturated rings. The average Bonchev–Trinajstić information content (AvgIpc) is 2.70. The van der Waals surface area contributed by atoms with Crippen LogP contribution in [0, 0.1) is 12.8 Å². The number of guanidine groups is 1. The van der Waals surface area contributed by atoms with E-state index in [2.05, 4.69) is 70.7 Å². The van der Waals surface area contributed by atoms with Gasteiger partial charge in [0, 0.05) is 19.6 Å². The van der Waals surface area contributed by atoms with E-state index < -0.39 is 0 Å². The number of hydrogen-bond acceptors (Lipinski definition) is 2. The molecule has 0 atom stereocenters. The van der Waals surface area contributed by atoms with Crippen molar-refractivity contribution >= 4 is 5.96 Å². The van der Waals surface area contributed by atoms with Crippen molar-refractivity contribution in [1.29, 1.82) is 0 Å². The van der Waals surface area contributed by atoms with Crippen molar-refractivity contribution in [3.05, 3.63) is 71.3 Å². The topological polar surface area (TPSA) is 53.6 Å². The van der Waals surface area contributed by atoms with E-state index in [0.29, 0.717) is 11.9 Å². The van der Waals surface area contributed by atoms with Gasteiger partial charge in [0.2, 0.25) is 0 Å². The molecule has 0 aromatic heterocycles. The Morgan fingerprint density at radius 1 is 1.04 bits per heavy atom. The summed E-state index contributed by atoms with van der Waals surface area (Å²) in [5.74, 6) is 1.22. The van der Waals surface area contributed by atoms with Gasteiger partial charge in [0.05, 0.1) is 0 Å². The Morgan fingerprint density at radius 2 is 1.74 bits per heavy atom. The molecule has 4 heteroatoms. The maximum absolute atomic E-state index is 6.03. The second kappa shape index (κ2) is 10.1. The van der Waals surface area contributed by atoms with Crippen LogP contribution in [0.4, 0.5) is 0 Å². The van der Waals surface area contributed by atoms with Gasteiger partial charge < -0.3 is 11.1 Å². The first-order valence-corrected chi connectivity index (χ1v) is 10.0. The lowest BCUT2D eigenvalue weighted by Gasteiger charge is -2.31. The molecule has 144 valence electrons. The molecular weight excluding hydrogens is 332 g/mol. The maximum atomic E-state index is 6.03. The fourth-order valence-electron chi connectivity index (χ4n) is 3.54. The van der Waals surface area contributed by atoms with Crippen LogP contribution in [0.15, 0.2) is 59.6 Å². The van der Waals surface area contributed by atoms with Gasteiger partial charge in [-0.05, 0) is 56.3 Å². The predicted octanol–water partition coefficient (Wildman–Crippen LogP) is 3.35. The van der Waals surface area contributed by atoms with Crippen LogP contribution >= 0.6 is 0 Å². The minimum Gasteiger partial charge on any atom is -0.370 e. The van der Waals surface area contributed by atoms with Crippen LogP contribution in [0.1, 0.15) is 29.5 Å². The summed E-state index contributed by atoms with van der Waals surface area (Å²) in [6.07, 6.45) is 3.37. The van der Waals surface area contributed by atoms with Crippen LogP contribution in [0.25, 0.3) is 0 Å². The molecule has 1 aliphatic heterocycles. The van der Waals surface area contributed by atoms with Crippen LogP contribution in [-0.4, -0.2) is 37.0 Å². The lowest BCUT2D eigenvalue weighted by atomic mass is 9.96. The second-order valence-corrected chi connectivity index (χ2v) is 7.59. The van der Waals surface area contributed by atoms with Gasteiger partial charge in [-0.15, -0.1) is 0 Å². The van der Waals surface area contributed by atoms with Gasteiger partial charge in [-0.2, -0.15) is 0 Å². The van der Waals surface area contributed by atoms with E-state index in [0.717, 1.165) is 39.1 Å². The Bertz CT molecular complexity index is 701. The van der Waals surface area contributed by atoms with Crippen LogP contribution in [0.5, 0.6) is 0 Å². The third-order valence-electron chi connectivity index (χ3n) is 5.32. The standard InChI is InChI=1S/C23H32N4/c1-19-7-9-22(10-8-19)18-27-15-12-21(13-16-27)17-26-23(24)25-14-11-20-5-3-2-4-6-20/h2-10,21H,11-18H2,1H3,(H3,24,25,26). The highest BCUT2D eigenvalue weighted by atomic mass is 15.1. The first-order chi connectivity index (χ1) is 13.2. The molecule has 27 heavy (non-hydrogen) atoms. The summed E-state index contributed by atoms with van der Waals surface area (Å²) in [5.41, 5.74) is 10.1. The molecule has 0 unspecified atom stereocenters. The lowest BCUT2D eigenvalue weighted by Crippen LogP contribution is -2.36. The molecule has 2 aromatic carbocycles. The fourth-order valence-corrected chi connectivity index (χ4v) is 3.54. The maximum Gasteiger partial charge on any atom is 0.188 e. The summed E-state index contributed by atoms with van der Waals surface area (Å²) >= 11 is 0. The highest BCUT2D eigenvalue weighted by molar-refractivity contribution is 5.77. The van der Waals surface area contributed by atoms with Crippen molar-refractivity contribution < 1.29 is 0 Å². The molecule has 0 spiro atoms. The van der Waals surface area contributed by atoms with Gasteiger partial charge in [-0.3, -0.25) is 9.89 Å². The van der Waals surface area contributed by atoms with Crippen molar-refractivity contribution in [3.8, 4) is 0 Å². The summed E-state index contributed by atoms with van der Waals surface area (Å²) < 4.78 is 0. The normalized spacial score (nSPS) is 16.4. The number of aliphatic imine (C=N–C) groups is 1. The molecular formula is C23H32N4. The quantitative estimate of drug-likeness (QED) is 0.585. The molecule has 4 nitrogen and oxygen atoms in total. The summed E-state index contributed by atoms with van der Waals surface area (Å²) in [7, 11) is 0. The Morgan fingerprint density at radius 3 is 2.44 bits per heavy atom. The third kappa shape index (κ3) is 6.72. The summed E-state index contributed by atoms with van der Waals surface area (Å²) in [4.78, 5) is 7.11. The summed E-state index contributed by atoms with van der Waals surface area (Å²) in [6.45, 7) is 7.15. The Labute approximate surface area is 163 Å². The van der Waals surface area contributed by atoms with Gasteiger partial charge in [-0.1, -0.05) is 60.2 Å². The van der Waals surface area contributed by atoms with Gasteiger partial charge in [-0.25, -0.2) is 0 Å². The van der Waals surface area contributed by atoms with E-state index in [-0.39, 0.29) is 0 Å². The minimum absolute atomic E-state index is 0.577. The van der Waals surface area contributed by atoms with Crippen molar-refractivity contribution in [2.24, 2.45) is 16.6 Å². The van der Waals surface area contributed by atoms with Crippen LogP contribution < -0.4 is 11.1 Å². The van der Waals surface area contributed by atoms with E-state index in [1.54, 1.807) is 0 Å². The van der Waals surface area contributed by atoms with Crippen molar-refractivity contribution in [1.82, 2.24) is 10.2 Å². The zero-order chi connectivity index (χ0) is 18.9. The lowest BCUT2D eigenvalue weighted by molar-refractivity contribution is 0.180. The molecule has 3 N–H and O–H groups in total. The molecule has 1 heterocycles. The average molecular weight is 365 g/mol. The molecule has 0 saturated carbocycles. The van der Waals surface area contributed by atoms with E-state index in [4.69, 9.17) is 5.73 Å². The molecule has 2 aromatic rings. The molecule has 1 saturated heterocycles. The first-order valence-electron chi connectivity index (χ1n) is 10.0. The number of piperidine rings is 1. The molecule has 0 radical (unpaired) electrons. The molecule has 0 aliphatic carbocycles. The Hall–Kier alpha value is -2.33. The van der Waals surface area contributed by atoms with Crippen molar-refractivity contribution in [2.45, 2.75) is 32.7 Å². The van der Waals surface area contributed by atoms with Crippen LogP contribution in [0.2, 0.25) is 0 Å². The van der Waals surface area contributed by atoms with Crippen LogP contribution in [-0.2, 0) is 13.0 Å².